The summed E-state index contributed by atoms with van der Waals surface area (Å²) in [4.78, 5) is 8.69. The topological polar surface area (TPSA) is 63.8 Å². The lowest BCUT2D eigenvalue weighted by Gasteiger charge is -2.30. The Balaban J connectivity index is 2.83. The molecule has 0 aliphatic carbocycles. The van der Waals surface area contributed by atoms with Gasteiger partial charge in [-0.25, -0.2) is 9.97 Å². The van der Waals surface area contributed by atoms with Crippen molar-refractivity contribution < 1.29 is 0 Å². The quantitative estimate of drug-likeness (QED) is 0.750. The van der Waals surface area contributed by atoms with E-state index in [0.717, 1.165) is 19.4 Å². The number of thiocarbonyl (C=S) groups is 1. The van der Waals surface area contributed by atoms with Crippen LogP contribution in [0.3, 0.4) is 0 Å². The number of thioether (sulfide) groups is 1. The Kier molecular flexibility index (Phi) is 5.81. The van der Waals surface area contributed by atoms with E-state index in [1.165, 1.54) is 0 Å². The second-order valence-electron chi connectivity index (χ2n) is 4.07. The van der Waals surface area contributed by atoms with Gasteiger partial charge in [-0.15, -0.1) is 0 Å². The molecule has 1 aromatic rings. The van der Waals surface area contributed by atoms with E-state index in [9.17, 15) is 0 Å². The van der Waals surface area contributed by atoms with Crippen molar-refractivity contribution in [2.75, 3.05) is 18.1 Å². The van der Waals surface area contributed by atoms with Gasteiger partial charge in [0.25, 0.3) is 0 Å². The molecule has 6 heteroatoms. The molecule has 3 N–H and O–H groups in total. The molecule has 0 aliphatic rings. The summed E-state index contributed by atoms with van der Waals surface area (Å²) in [5.41, 5.74) is 6.20. The Morgan fingerprint density at radius 3 is 2.50 bits per heavy atom. The van der Waals surface area contributed by atoms with E-state index in [1.807, 2.05) is 11.8 Å². The summed E-state index contributed by atoms with van der Waals surface area (Å²) in [6, 6.07) is 0. The average Bonchev–Trinajstić information content (AvgIpc) is 2.41. The van der Waals surface area contributed by atoms with Crippen molar-refractivity contribution in [3.63, 3.8) is 0 Å². The van der Waals surface area contributed by atoms with Crippen LogP contribution in [0.5, 0.6) is 0 Å². The summed E-state index contributed by atoms with van der Waals surface area (Å²) in [6.45, 7) is 5.23. The van der Waals surface area contributed by atoms with E-state index in [-0.39, 0.29) is 9.74 Å². The number of aromatic nitrogens is 2. The van der Waals surface area contributed by atoms with Crippen LogP contribution in [0.25, 0.3) is 0 Å². The van der Waals surface area contributed by atoms with Crippen LogP contribution in [0.4, 0.5) is 5.82 Å². The molecule has 0 spiro atoms. The fourth-order valence-electron chi connectivity index (χ4n) is 1.75. The minimum atomic E-state index is 0.213. The van der Waals surface area contributed by atoms with Crippen LogP contribution in [0, 0.1) is 0 Å². The number of hydrogen-bond donors (Lipinski definition) is 2. The molecule has 0 aliphatic heterocycles. The Morgan fingerprint density at radius 2 is 2.00 bits per heavy atom. The van der Waals surface area contributed by atoms with Crippen molar-refractivity contribution in [2.45, 2.75) is 31.4 Å². The van der Waals surface area contributed by atoms with Crippen molar-refractivity contribution in [3.8, 4) is 0 Å². The van der Waals surface area contributed by atoms with Crippen molar-refractivity contribution in [1.29, 1.82) is 0 Å². The van der Waals surface area contributed by atoms with Crippen LogP contribution in [0.2, 0.25) is 0 Å². The molecule has 0 aromatic carbocycles. The molecule has 0 unspecified atom stereocenters. The van der Waals surface area contributed by atoms with E-state index in [1.54, 1.807) is 12.4 Å². The first kappa shape index (κ1) is 15.2. The summed E-state index contributed by atoms with van der Waals surface area (Å²) < 4.78 is 0.213. The zero-order valence-electron chi connectivity index (χ0n) is 11.1. The summed E-state index contributed by atoms with van der Waals surface area (Å²) in [7, 11) is 0. The first-order valence-corrected chi connectivity index (χ1v) is 7.61. The van der Waals surface area contributed by atoms with Crippen LogP contribution in [-0.4, -0.2) is 32.5 Å². The van der Waals surface area contributed by atoms with Crippen LogP contribution in [0.15, 0.2) is 12.4 Å². The normalized spacial score (nSPS) is 11.3. The van der Waals surface area contributed by atoms with E-state index >= 15 is 0 Å². The van der Waals surface area contributed by atoms with Gasteiger partial charge in [0.2, 0.25) is 0 Å². The maximum Gasteiger partial charge on any atom is 0.155 e. The molecule has 0 saturated heterocycles. The molecule has 0 radical (unpaired) electrons. The molecular weight excluding hydrogens is 264 g/mol. The van der Waals surface area contributed by atoms with E-state index < -0.39 is 0 Å². The highest BCUT2D eigenvalue weighted by Gasteiger charge is 2.25. The smallest absolute Gasteiger partial charge is 0.155 e. The van der Waals surface area contributed by atoms with Crippen molar-refractivity contribution in [3.05, 3.63) is 18.1 Å². The van der Waals surface area contributed by atoms with Gasteiger partial charge in [-0.2, -0.15) is 11.8 Å². The number of nitrogens with two attached hydrogens (primary N) is 1. The zero-order chi connectivity index (χ0) is 13.6. The number of rotatable bonds is 7. The summed E-state index contributed by atoms with van der Waals surface area (Å²) in [5.74, 6) is 0.672. The molecule has 0 bridgehead atoms. The van der Waals surface area contributed by atoms with E-state index in [2.05, 4.69) is 35.4 Å². The maximum absolute atomic E-state index is 5.64. The van der Waals surface area contributed by atoms with Crippen molar-refractivity contribution in [2.24, 2.45) is 5.73 Å². The third kappa shape index (κ3) is 3.55. The lowest BCUT2D eigenvalue weighted by atomic mass is 10.0. The summed E-state index contributed by atoms with van der Waals surface area (Å²) in [6.07, 6.45) is 7.57. The van der Waals surface area contributed by atoms with E-state index in [4.69, 9.17) is 18.0 Å². The number of nitrogens with zero attached hydrogens (tertiary/aromatic N) is 2. The molecule has 1 heterocycles. The fourth-order valence-corrected chi connectivity index (χ4v) is 2.70. The molecule has 0 saturated carbocycles. The largest absolute Gasteiger partial charge is 0.388 e. The number of hydrogen-bond acceptors (Lipinski definition) is 5. The van der Waals surface area contributed by atoms with Gasteiger partial charge in [-0.05, 0) is 19.1 Å². The van der Waals surface area contributed by atoms with E-state index in [0.29, 0.717) is 11.5 Å². The first-order valence-electron chi connectivity index (χ1n) is 5.98. The van der Waals surface area contributed by atoms with Gasteiger partial charge < -0.3 is 11.1 Å². The molecule has 0 atom stereocenters. The Bertz CT molecular complexity index is 397. The predicted molar refractivity (Wildman–Crippen MR) is 83.2 cm³/mol. The molecule has 18 heavy (non-hydrogen) atoms. The zero-order valence-corrected chi connectivity index (χ0v) is 12.7. The third-order valence-corrected chi connectivity index (χ3v) is 5.01. The van der Waals surface area contributed by atoms with Crippen LogP contribution < -0.4 is 11.1 Å². The van der Waals surface area contributed by atoms with Crippen LogP contribution in [0.1, 0.15) is 32.4 Å². The third-order valence-electron chi connectivity index (χ3n) is 3.23. The van der Waals surface area contributed by atoms with Crippen LogP contribution in [-0.2, 0) is 0 Å². The van der Waals surface area contributed by atoms with Gasteiger partial charge in [0.15, 0.2) is 5.82 Å². The highest BCUT2D eigenvalue weighted by Crippen LogP contribution is 2.30. The molecule has 0 amide bonds. The fraction of sp³-hybridized carbons (Fsp3) is 0.583. The number of nitrogens with one attached hydrogen (secondary N) is 1. The highest BCUT2D eigenvalue weighted by atomic mass is 32.2. The van der Waals surface area contributed by atoms with Gasteiger partial charge in [-0.3, -0.25) is 0 Å². The second-order valence-corrected chi connectivity index (χ2v) is 5.78. The minimum Gasteiger partial charge on any atom is -0.388 e. The molecule has 1 rings (SSSR count). The van der Waals surface area contributed by atoms with Gasteiger partial charge in [0.1, 0.15) is 10.7 Å². The Morgan fingerprint density at radius 1 is 1.39 bits per heavy atom. The van der Waals surface area contributed by atoms with Crippen molar-refractivity contribution >= 4 is 34.8 Å². The first-order chi connectivity index (χ1) is 8.58. The number of anilines is 1. The summed E-state index contributed by atoms with van der Waals surface area (Å²) >= 11 is 6.85. The minimum absolute atomic E-state index is 0.213. The Labute approximate surface area is 118 Å². The molecule has 100 valence electrons. The van der Waals surface area contributed by atoms with Crippen molar-refractivity contribution in [1.82, 2.24) is 9.97 Å². The van der Waals surface area contributed by atoms with Gasteiger partial charge >= 0.3 is 0 Å². The second kappa shape index (κ2) is 6.89. The molecule has 1 aromatic heterocycles. The Hall–Kier alpha value is -0.880. The average molecular weight is 284 g/mol. The molecular formula is C12H20N4S2. The van der Waals surface area contributed by atoms with Gasteiger partial charge in [0, 0.05) is 23.7 Å². The molecule has 4 nitrogen and oxygen atoms in total. The predicted octanol–water partition coefficient (Wildman–Crippen LogP) is 2.44. The highest BCUT2D eigenvalue weighted by molar-refractivity contribution is 8.00. The monoisotopic (exact) mass is 284 g/mol. The van der Waals surface area contributed by atoms with Crippen LogP contribution >= 0.6 is 24.0 Å². The lowest BCUT2D eigenvalue weighted by molar-refractivity contribution is 0.574. The maximum atomic E-state index is 5.64. The van der Waals surface area contributed by atoms with Gasteiger partial charge in [-0.1, -0.05) is 26.1 Å². The lowest BCUT2D eigenvalue weighted by Crippen LogP contribution is -2.33. The van der Waals surface area contributed by atoms with Gasteiger partial charge in [0.05, 0.1) is 0 Å². The SMILES string of the molecule is CCC(CC)(CNc1nccnc1C(N)=S)SC. The summed E-state index contributed by atoms with van der Waals surface area (Å²) in [5, 5.41) is 3.33. The standard InChI is InChI=1S/C12H20N4S2/c1-4-12(5-2,18-3)8-16-11-9(10(13)17)14-6-7-15-11/h6-7H,4-5,8H2,1-3H3,(H2,13,17)(H,15,16). The molecule has 0 fully saturated rings.